The summed E-state index contributed by atoms with van der Waals surface area (Å²) in [7, 11) is 2.06. The number of nitriles is 1. The van der Waals surface area contributed by atoms with E-state index >= 15 is 0 Å². The third kappa shape index (κ3) is 5.86. The Morgan fingerprint density at radius 2 is 1.97 bits per heavy atom. The normalized spacial score (nSPS) is 14.8. The smallest absolute Gasteiger partial charge is 0.148 e. The van der Waals surface area contributed by atoms with Crippen LogP contribution < -0.4 is 21.6 Å². The number of hydrazine groups is 2. The van der Waals surface area contributed by atoms with Gasteiger partial charge < -0.3 is 16.1 Å². The van der Waals surface area contributed by atoms with Crippen LogP contribution in [0.5, 0.6) is 0 Å². The van der Waals surface area contributed by atoms with Gasteiger partial charge in [-0.3, -0.25) is 9.99 Å². The Balaban J connectivity index is 1.83. The fourth-order valence-electron chi connectivity index (χ4n) is 4.35. The van der Waals surface area contributed by atoms with Crippen LogP contribution in [0.4, 0.5) is 11.4 Å². The number of pyridine rings is 1. The van der Waals surface area contributed by atoms with E-state index in [9.17, 15) is 5.26 Å². The van der Waals surface area contributed by atoms with Crippen LogP contribution in [0.2, 0.25) is 10.0 Å². The van der Waals surface area contributed by atoms with Gasteiger partial charge in [0.25, 0.3) is 0 Å². The van der Waals surface area contributed by atoms with Crippen molar-refractivity contribution in [2.75, 3.05) is 23.7 Å². The third-order valence-corrected chi connectivity index (χ3v) is 7.00. The summed E-state index contributed by atoms with van der Waals surface area (Å²) in [5.74, 6) is 0. The van der Waals surface area contributed by atoms with Crippen LogP contribution in [0.3, 0.4) is 0 Å². The van der Waals surface area contributed by atoms with Crippen LogP contribution >= 0.6 is 23.2 Å². The molecule has 1 aliphatic rings. The first-order valence-corrected chi connectivity index (χ1v) is 13.2. The van der Waals surface area contributed by atoms with Crippen molar-refractivity contribution in [1.29, 1.82) is 5.26 Å². The maximum absolute atomic E-state index is 9.81. The highest BCUT2D eigenvalue weighted by atomic mass is 35.5. The van der Waals surface area contributed by atoms with Crippen molar-refractivity contribution in [3.05, 3.63) is 88.3 Å². The molecule has 0 aliphatic carbocycles. The van der Waals surface area contributed by atoms with E-state index in [0.717, 1.165) is 35.3 Å². The van der Waals surface area contributed by atoms with Gasteiger partial charge in [-0.1, -0.05) is 68.2 Å². The predicted octanol–water partition coefficient (Wildman–Crippen LogP) is 5.51. The molecule has 3 aromatic rings. The van der Waals surface area contributed by atoms with Gasteiger partial charge in [0.2, 0.25) is 0 Å². The first kappa shape index (κ1) is 27.7. The van der Waals surface area contributed by atoms with Gasteiger partial charge in [-0.15, -0.1) is 12.1 Å². The van der Waals surface area contributed by atoms with Crippen molar-refractivity contribution in [2.24, 2.45) is 5.41 Å². The Labute approximate surface area is 235 Å². The maximum Gasteiger partial charge on any atom is 0.148 e. The largest absolute Gasteiger partial charge is 0.383 e. The lowest BCUT2D eigenvalue weighted by Crippen LogP contribution is -2.45. The summed E-state index contributed by atoms with van der Waals surface area (Å²) in [4.78, 5) is 4.49. The van der Waals surface area contributed by atoms with Crippen molar-refractivity contribution in [2.45, 2.75) is 32.6 Å². The van der Waals surface area contributed by atoms with Gasteiger partial charge in [0, 0.05) is 41.6 Å². The van der Waals surface area contributed by atoms with E-state index in [4.69, 9.17) is 23.2 Å². The fraction of sp³-hybridized carbons (Fsp3) is 0.286. The second-order valence-electron chi connectivity index (χ2n) is 10.7. The second-order valence-corrected chi connectivity index (χ2v) is 11.5. The predicted molar refractivity (Wildman–Crippen MR) is 161 cm³/mol. The first-order valence-electron chi connectivity index (χ1n) is 12.5. The summed E-state index contributed by atoms with van der Waals surface area (Å²) in [6.07, 6.45) is 6.30. The number of fused-ring (bicyclic) bond motifs is 1. The van der Waals surface area contributed by atoms with E-state index in [1.165, 1.54) is 0 Å². The lowest BCUT2D eigenvalue weighted by Gasteiger charge is -2.34. The minimum atomic E-state index is -0.759. The molecule has 0 fully saturated rings. The summed E-state index contributed by atoms with van der Waals surface area (Å²) in [5, 5.41) is 20.8. The van der Waals surface area contributed by atoms with Crippen LogP contribution in [-0.2, 0) is 5.44 Å². The van der Waals surface area contributed by atoms with E-state index in [0.29, 0.717) is 33.4 Å². The average Bonchev–Trinajstić information content (AvgIpc) is 3.35. The molecule has 196 valence electrons. The van der Waals surface area contributed by atoms with E-state index in [1.54, 1.807) is 6.20 Å². The summed E-state index contributed by atoms with van der Waals surface area (Å²) in [5.41, 5.74) is 10.1. The number of benzene rings is 2. The first-order chi connectivity index (χ1) is 18.1. The zero-order valence-electron chi connectivity index (χ0n) is 22.1. The van der Waals surface area contributed by atoms with Crippen molar-refractivity contribution in [3.63, 3.8) is 0 Å². The highest BCUT2D eigenvalue weighted by molar-refractivity contribution is 6.36. The zero-order chi connectivity index (χ0) is 27.5. The lowest BCUT2D eigenvalue weighted by molar-refractivity contribution is 0.274. The van der Waals surface area contributed by atoms with Crippen LogP contribution in [0.25, 0.3) is 10.9 Å². The van der Waals surface area contributed by atoms with E-state index in [2.05, 4.69) is 67.8 Å². The number of anilines is 2. The highest BCUT2D eigenvalue weighted by Gasteiger charge is 2.36. The Kier molecular flexibility index (Phi) is 8.12. The van der Waals surface area contributed by atoms with Gasteiger partial charge in [-0.25, -0.2) is 0 Å². The molecule has 0 amide bonds. The average molecular weight is 548 g/mol. The van der Waals surface area contributed by atoms with Gasteiger partial charge in [0.05, 0.1) is 32.9 Å². The van der Waals surface area contributed by atoms with E-state index < -0.39 is 5.44 Å². The van der Waals surface area contributed by atoms with Crippen molar-refractivity contribution in [1.82, 2.24) is 21.0 Å². The molecular formula is C28H32BCl2N7. The minimum Gasteiger partial charge on any atom is -0.383 e. The van der Waals surface area contributed by atoms with E-state index in [-0.39, 0.29) is 5.41 Å². The Morgan fingerprint density at radius 3 is 2.66 bits per heavy atom. The molecule has 1 aliphatic heterocycles. The molecule has 0 spiro atoms. The standard InChI is InChI=1S/C28H32BCl2N7/c1-5-6-11-38-16-24(36-37-38)28(29,21-9-7-8-10-22(21)30)35-19-12-20-25(34-17-27(2,3)4)18(14-32)15-33-26(20)23(31)13-19/h5,7-10,12-13,15-16,35-37H,1,6,11,17,29H2,2-4H3,(H,33,34). The molecule has 1 atom stereocenters. The molecule has 1 aromatic heterocycles. The van der Waals surface area contributed by atoms with Crippen molar-refractivity contribution in [3.8, 4) is 6.07 Å². The molecular weight excluding hydrogens is 516 g/mol. The molecule has 38 heavy (non-hydrogen) atoms. The SMILES string of the molecule is BC(Nc1cc(Cl)c2ncc(C#N)c(NCC(C)(C)C)c2c1)(C1=CN(CCC=C)NN1)c1ccccc1Cl. The molecule has 7 nitrogen and oxygen atoms in total. The van der Waals surface area contributed by atoms with E-state index in [1.807, 2.05) is 53.7 Å². The number of halogens is 2. The third-order valence-electron chi connectivity index (χ3n) is 6.38. The Morgan fingerprint density at radius 1 is 1.21 bits per heavy atom. The van der Waals surface area contributed by atoms with Gasteiger partial charge in [-0.05, 0) is 35.6 Å². The maximum atomic E-state index is 9.81. The van der Waals surface area contributed by atoms with Gasteiger partial charge in [0.1, 0.15) is 13.9 Å². The zero-order valence-corrected chi connectivity index (χ0v) is 23.6. The molecule has 4 rings (SSSR count). The van der Waals surface area contributed by atoms with Crippen molar-refractivity contribution < 1.29 is 0 Å². The lowest BCUT2D eigenvalue weighted by atomic mass is 9.69. The number of nitrogens with one attached hydrogen (secondary N) is 4. The van der Waals surface area contributed by atoms with Gasteiger partial charge in [0.15, 0.2) is 0 Å². The molecule has 1 unspecified atom stereocenters. The molecule has 0 bridgehead atoms. The van der Waals surface area contributed by atoms with Gasteiger partial charge >= 0.3 is 0 Å². The number of hydrogen-bond donors (Lipinski definition) is 4. The summed E-state index contributed by atoms with van der Waals surface area (Å²) in [6.45, 7) is 11.7. The quantitative estimate of drug-likeness (QED) is 0.207. The second kappa shape index (κ2) is 11.2. The summed E-state index contributed by atoms with van der Waals surface area (Å²) in [6, 6.07) is 13.8. The molecule has 0 saturated heterocycles. The number of aromatic nitrogens is 1. The topological polar surface area (TPSA) is 88.0 Å². The molecule has 2 heterocycles. The highest BCUT2D eigenvalue weighted by Crippen LogP contribution is 2.39. The van der Waals surface area contributed by atoms with Crippen molar-refractivity contribution >= 4 is 53.3 Å². The van der Waals surface area contributed by atoms with Crippen LogP contribution in [-0.4, -0.2) is 30.9 Å². The molecule has 10 heteroatoms. The number of hydrogen-bond acceptors (Lipinski definition) is 7. The number of nitrogens with zero attached hydrogens (tertiary/aromatic N) is 3. The fourth-order valence-corrected chi connectivity index (χ4v) is 4.95. The van der Waals surface area contributed by atoms with Gasteiger partial charge in [-0.2, -0.15) is 5.26 Å². The molecule has 4 N–H and O–H groups in total. The van der Waals surface area contributed by atoms with Crippen LogP contribution in [0.1, 0.15) is 38.3 Å². The van der Waals surface area contributed by atoms with Crippen LogP contribution in [0.15, 0.2) is 67.1 Å². The summed E-state index contributed by atoms with van der Waals surface area (Å²) >= 11 is 13.5. The molecule has 2 aromatic carbocycles. The summed E-state index contributed by atoms with van der Waals surface area (Å²) < 4.78 is 0. The molecule has 0 saturated carbocycles. The van der Waals surface area contributed by atoms with Crippen LogP contribution in [0, 0.1) is 16.7 Å². The monoisotopic (exact) mass is 547 g/mol. The minimum absolute atomic E-state index is 0.00962. The molecule has 0 radical (unpaired) electrons. The Bertz CT molecular complexity index is 1430. The Hall–Kier alpha value is -3.38. The number of rotatable bonds is 9.